The van der Waals surface area contributed by atoms with E-state index >= 15 is 0 Å². The summed E-state index contributed by atoms with van der Waals surface area (Å²) in [7, 11) is 0. The second-order valence-electron chi connectivity index (χ2n) is 5.92. The van der Waals surface area contributed by atoms with Gasteiger partial charge in [0.05, 0.1) is 23.7 Å². The maximum atomic E-state index is 12.9. The summed E-state index contributed by atoms with van der Waals surface area (Å²) in [5.41, 5.74) is 0.657. The molecule has 8 heteroatoms. The summed E-state index contributed by atoms with van der Waals surface area (Å²) < 4.78 is 14.7. The molecule has 2 heterocycles. The molecule has 1 aromatic carbocycles. The van der Waals surface area contributed by atoms with Crippen molar-refractivity contribution in [1.82, 2.24) is 14.7 Å². The van der Waals surface area contributed by atoms with Crippen LogP contribution in [-0.2, 0) is 9.59 Å². The average Bonchev–Trinajstić information content (AvgIpc) is 3.22. The second-order valence-corrected chi connectivity index (χ2v) is 6.96. The predicted octanol–water partition coefficient (Wildman–Crippen LogP) is 2.55. The SMILES string of the molecule is CC(=O)Nc1cnn(C2CCN(C(=O)CSc3ccc(F)cc3)C2)c1. The number of hydrogen-bond donors (Lipinski definition) is 1. The van der Waals surface area contributed by atoms with E-state index < -0.39 is 0 Å². The first kappa shape index (κ1) is 17.5. The van der Waals surface area contributed by atoms with Crippen molar-refractivity contribution in [3.8, 4) is 0 Å². The summed E-state index contributed by atoms with van der Waals surface area (Å²) >= 11 is 1.40. The zero-order valence-corrected chi connectivity index (χ0v) is 14.6. The van der Waals surface area contributed by atoms with Crippen molar-refractivity contribution >= 4 is 29.3 Å². The number of carbonyl (C=O) groups is 2. The largest absolute Gasteiger partial charge is 0.340 e. The normalized spacial score (nSPS) is 16.9. The number of nitrogens with zero attached hydrogens (tertiary/aromatic N) is 3. The number of halogens is 1. The summed E-state index contributed by atoms with van der Waals surface area (Å²) in [5.74, 6) is -0.0307. The topological polar surface area (TPSA) is 67.2 Å². The van der Waals surface area contributed by atoms with Gasteiger partial charge >= 0.3 is 0 Å². The fourth-order valence-electron chi connectivity index (χ4n) is 2.76. The minimum absolute atomic E-state index is 0.0612. The molecule has 3 rings (SSSR count). The second kappa shape index (κ2) is 7.69. The van der Waals surface area contributed by atoms with E-state index in [9.17, 15) is 14.0 Å². The molecule has 0 aliphatic carbocycles. The first-order valence-electron chi connectivity index (χ1n) is 7.99. The lowest BCUT2D eigenvalue weighted by molar-refractivity contribution is -0.127. The van der Waals surface area contributed by atoms with E-state index in [2.05, 4.69) is 10.4 Å². The van der Waals surface area contributed by atoms with E-state index in [1.165, 1.54) is 30.8 Å². The van der Waals surface area contributed by atoms with Crippen LogP contribution in [0.15, 0.2) is 41.6 Å². The van der Waals surface area contributed by atoms with E-state index in [4.69, 9.17) is 0 Å². The molecule has 132 valence electrons. The Labute approximate surface area is 149 Å². The third-order valence-corrected chi connectivity index (χ3v) is 4.98. The van der Waals surface area contributed by atoms with Crippen molar-refractivity contribution in [2.75, 3.05) is 24.2 Å². The monoisotopic (exact) mass is 362 g/mol. The lowest BCUT2D eigenvalue weighted by atomic mass is 10.3. The number of aromatic nitrogens is 2. The number of carbonyl (C=O) groups excluding carboxylic acids is 2. The summed E-state index contributed by atoms with van der Waals surface area (Å²) in [6.07, 6.45) is 4.22. The molecule has 6 nitrogen and oxygen atoms in total. The van der Waals surface area contributed by atoms with Crippen LogP contribution in [0.5, 0.6) is 0 Å². The van der Waals surface area contributed by atoms with Crippen LogP contribution in [0.2, 0.25) is 0 Å². The summed E-state index contributed by atoms with van der Waals surface area (Å²) in [4.78, 5) is 26.1. The van der Waals surface area contributed by atoms with Crippen molar-refractivity contribution in [1.29, 1.82) is 0 Å². The molecule has 1 fully saturated rings. The molecular weight excluding hydrogens is 343 g/mol. The van der Waals surface area contributed by atoms with E-state index in [-0.39, 0.29) is 23.7 Å². The number of amides is 2. The Hall–Kier alpha value is -2.35. The van der Waals surface area contributed by atoms with Gasteiger partial charge in [-0.3, -0.25) is 14.3 Å². The van der Waals surface area contributed by atoms with E-state index in [1.54, 1.807) is 29.2 Å². The van der Waals surface area contributed by atoms with Crippen molar-refractivity contribution in [2.24, 2.45) is 0 Å². The third-order valence-electron chi connectivity index (χ3n) is 3.99. The highest BCUT2D eigenvalue weighted by molar-refractivity contribution is 8.00. The Morgan fingerprint density at radius 3 is 2.84 bits per heavy atom. The zero-order valence-electron chi connectivity index (χ0n) is 13.8. The molecule has 0 spiro atoms. The van der Waals surface area contributed by atoms with Gasteiger partial charge in [0.25, 0.3) is 0 Å². The Morgan fingerprint density at radius 2 is 2.12 bits per heavy atom. The molecule has 1 atom stereocenters. The molecule has 0 radical (unpaired) electrons. The highest BCUT2D eigenvalue weighted by Crippen LogP contribution is 2.24. The van der Waals surface area contributed by atoms with Gasteiger partial charge in [-0.25, -0.2) is 4.39 Å². The van der Waals surface area contributed by atoms with Gasteiger partial charge in [-0.15, -0.1) is 11.8 Å². The van der Waals surface area contributed by atoms with E-state index in [0.29, 0.717) is 24.5 Å². The Kier molecular flexibility index (Phi) is 5.37. The van der Waals surface area contributed by atoms with E-state index in [0.717, 1.165) is 11.3 Å². The molecular formula is C17H19FN4O2S. The molecule has 1 aliphatic rings. The lowest BCUT2D eigenvalue weighted by Crippen LogP contribution is -2.30. The molecule has 0 saturated carbocycles. The molecule has 2 amide bonds. The van der Waals surface area contributed by atoms with Crippen molar-refractivity contribution in [3.63, 3.8) is 0 Å². The number of benzene rings is 1. The van der Waals surface area contributed by atoms with Gasteiger partial charge in [0, 0.05) is 31.1 Å². The fraction of sp³-hybridized carbons (Fsp3) is 0.353. The highest BCUT2D eigenvalue weighted by Gasteiger charge is 2.27. The van der Waals surface area contributed by atoms with Crippen LogP contribution in [0, 0.1) is 5.82 Å². The molecule has 0 bridgehead atoms. The van der Waals surface area contributed by atoms with Crippen LogP contribution in [-0.4, -0.2) is 45.3 Å². The Bertz CT molecular complexity index is 762. The molecule has 1 saturated heterocycles. The van der Waals surface area contributed by atoms with Gasteiger partial charge < -0.3 is 10.2 Å². The standard InChI is InChI=1S/C17H19FN4O2S/c1-12(23)20-14-8-19-22(9-14)15-6-7-21(10-15)17(24)11-25-16-4-2-13(18)3-5-16/h2-5,8-9,15H,6-7,10-11H2,1H3,(H,20,23). The number of hydrogen-bond acceptors (Lipinski definition) is 4. The van der Waals surface area contributed by atoms with Gasteiger partial charge in [-0.1, -0.05) is 0 Å². The number of rotatable bonds is 5. The molecule has 25 heavy (non-hydrogen) atoms. The predicted molar refractivity (Wildman–Crippen MR) is 93.9 cm³/mol. The van der Waals surface area contributed by atoms with Crippen LogP contribution in [0.3, 0.4) is 0 Å². The maximum Gasteiger partial charge on any atom is 0.233 e. The molecule has 1 unspecified atom stereocenters. The van der Waals surface area contributed by atoms with Crippen LogP contribution in [0.4, 0.5) is 10.1 Å². The van der Waals surface area contributed by atoms with Gasteiger partial charge in [0.15, 0.2) is 0 Å². The quantitative estimate of drug-likeness (QED) is 0.830. The van der Waals surface area contributed by atoms with Crippen LogP contribution in [0.25, 0.3) is 0 Å². The van der Waals surface area contributed by atoms with Crippen molar-refractivity contribution in [3.05, 3.63) is 42.5 Å². The lowest BCUT2D eigenvalue weighted by Gasteiger charge is -2.16. The summed E-state index contributed by atoms with van der Waals surface area (Å²) in [6, 6.07) is 6.25. The minimum atomic E-state index is -0.282. The van der Waals surface area contributed by atoms with Gasteiger partial charge in [0.2, 0.25) is 11.8 Å². The van der Waals surface area contributed by atoms with Crippen molar-refractivity contribution < 1.29 is 14.0 Å². The van der Waals surface area contributed by atoms with Crippen molar-refractivity contribution in [2.45, 2.75) is 24.3 Å². The smallest absolute Gasteiger partial charge is 0.233 e. The number of nitrogens with one attached hydrogen (secondary N) is 1. The molecule has 1 aliphatic heterocycles. The fourth-order valence-corrected chi connectivity index (χ4v) is 3.56. The first-order chi connectivity index (χ1) is 12.0. The van der Waals surface area contributed by atoms with Gasteiger partial charge in [-0.2, -0.15) is 5.10 Å². The molecule has 2 aromatic rings. The van der Waals surface area contributed by atoms with Crippen LogP contribution < -0.4 is 5.32 Å². The maximum absolute atomic E-state index is 12.9. The zero-order chi connectivity index (χ0) is 17.8. The average molecular weight is 362 g/mol. The van der Waals surface area contributed by atoms with Crippen LogP contribution in [0.1, 0.15) is 19.4 Å². The Morgan fingerprint density at radius 1 is 1.36 bits per heavy atom. The van der Waals surface area contributed by atoms with E-state index in [1.807, 2.05) is 4.90 Å². The molecule has 1 N–H and O–H groups in total. The summed E-state index contributed by atoms with van der Waals surface area (Å²) in [5, 5.41) is 6.96. The minimum Gasteiger partial charge on any atom is -0.340 e. The Balaban J connectivity index is 1.51. The van der Waals surface area contributed by atoms with Gasteiger partial charge in [0.1, 0.15) is 5.82 Å². The number of thioether (sulfide) groups is 1. The summed E-state index contributed by atoms with van der Waals surface area (Å²) in [6.45, 7) is 2.74. The van der Waals surface area contributed by atoms with Gasteiger partial charge in [-0.05, 0) is 30.7 Å². The molecule has 1 aromatic heterocycles. The number of likely N-dealkylation sites (tertiary alicyclic amines) is 1. The number of anilines is 1. The highest BCUT2D eigenvalue weighted by atomic mass is 32.2. The third kappa shape index (κ3) is 4.60. The van der Waals surface area contributed by atoms with Crippen LogP contribution >= 0.6 is 11.8 Å². The first-order valence-corrected chi connectivity index (χ1v) is 8.98.